The molecule has 0 spiro atoms. The predicted octanol–water partition coefficient (Wildman–Crippen LogP) is 3.71. The number of halogens is 1. The summed E-state index contributed by atoms with van der Waals surface area (Å²) in [7, 11) is -2.09. The SMILES string of the molecule is COc1ccc(N(CCCC(=O)N(Cc2ccccc2F)[C@H](C)C(=O)NC(C)(C)C)S(C)(=O)=O)cc1. The summed E-state index contributed by atoms with van der Waals surface area (Å²) in [6, 6.07) is 11.8. The van der Waals surface area contributed by atoms with E-state index in [-0.39, 0.29) is 43.3 Å². The maximum Gasteiger partial charge on any atom is 0.242 e. The number of anilines is 1. The summed E-state index contributed by atoms with van der Waals surface area (Å²) < 4.78 is 45.5. The Bertz CT molecular complexity index is 1150. The van der Waals surface area contributed by atoms with Crippen LogP contribution in [0.2, 0.25) is 0 Å². The van der Waals surface area contributed by atoms with Crippen LogP contribution in [0.5, 0.6) is 5.75 Å². The summed E-state index contributed by atoms with van der Waals surface area (Å²) in [5.41, 5.74) is 0.232. The van der Waals surface area contributed by atoms with Gasteiger partial charge in [-0.25, -0.2) is 12.8 Å². The molecule has 0 bridgehead atoms. The third-order valence-electron chi connectivity index (χ3n) is 5.48. The van der Waals surface area contributed by atoms with Gasteiger partial charge >= 0.3 is 0 Å². The summed E-state index contributed by atoms with van der Waals surface area (Å²) in [6.45, 7) is 7.07. The summed E-state index contributed by atoms with van der Waals surface area (Å²) in [5.74, 6) is -0.614. The molecule has 198 valence electrons. The fraction of sp³-hybridized carbons (Fsp3) is 0.462. The number of nitrogens with one attached hydrogen (secondary N) is 1. The first-order chi connectivity index (χ1) is 16.7. The number of hydrogen-bond acceptors (Lipinski definition) is 5. The lowest BCUT2D eigenvalue weighted by molar-refractivity contribution is -0.141. The van der Waals surface area contributed by atoms with Crippen molar-refractivity contribution in [2.24, 2.45) is 0 Å². The molecule has 0 aliphatic heterocycles. The van der Waals surface area contributed by atoms with Crippen LogP contribution in [0.15, 0.2) is 48.5 Å². The number of nitrogens with zero attached hydrogens (tertiary/aromatic N) is 2. The monoisotopic (exact) mass is 521 g/mol. The van der Waals surface area contributed by atoms with Crippen molar-refractivity contribution in [1.29, 1.82) is 0 Å². The first kappa shape index (κ1) is 29.1. The Morgan fingerprint density at radius 2 is 1.69 bits per heavy atom. The molecule has 0 fully saturated rings. The van der Waals surface area contributed by atoms with E-state index < -0.39 is 27.4 Å². The molecule has 0 aliphatic rings. The van der Waals surface area contributed by atoms with Crippen molar-refractivity contribution >= 4 is 27.5 Å². The molecule has 2 rings (SSSR count). The third-order valence-corrected chi connectivity index (χ3v) is 6.67. The van der Waals surface area contributed by atoms with E-state index in [0.29, 0.717) is 11.4 Å². The van der Waals surface area contributed by atoms with Crippen LogP contribution >= 0.6 is 0 Å². The van der Waals surface area contributed by atoms with Gasteiger partial charge in [-0.2, -0.15) is 0 Å². The highest BCUT2D eigenvalue weighted by Crippen LogP contribution is 2.22. The van der Waals surface area contributed by atoms with Gasteiger partial charge in [0.25, 0.3) is 0 Å². The molecule has 0 heterocycles. The Morgan fingerprint density at radius 1 is 1.08 bits per heavy atom. The van der Waals surface area contributed by atoms with E-state index >= 15 is 0 Å². The van der Waals surface area contributed by atoms with Crippen LogP contribution in [-0.2, 0) is 26.2 Å². The van der Waals surface area contributed by atoms with Crippen molar-refractivity contribution < 1.29 is 27.1 Å². The van der Waals surface area contributed by atoms with Gasteiger partial charge in [-0.05, 0) is 64.4 Å². The zero-order valence-corrected chi connectivity index (χ0v) is 22.6. The molecule has 0 aromatic heterocycles. The van der Waals surface area contributed by atoms with Crippen LogP contribution < -0.4 is 14.4 Å². The van der Waals surface area contributed by atoms with Crippen molar-refractivity contribution in [3.05, 3.63) is 59.9 Å². The largest absolute Gasteiger partial charge is 0.497 e. The molecule has 1 atom stereocenters. The minimum atomic E-state index is -3.61. The van der Waals surface area contributed by atoms with Crippen LogP contribution in [0.25, 0.3) is 0 Å². The van der Waals surface area contributed by atoms with Gasteiger partial charge < -0.3 is 15.0 Å². The Morgan fingerprint density at radius 3 is 2.22 bits per heavy atom. The van der Waals surface area contributed by atoms with Crippen LogP contribution in [0, 0.1) is 5.82 Å². The second kappa shape index (κ2) is 12.2. The van der Waals surface area contributed by atoms with Crippen molar-refractivity contribution in [2.45, 2.75) is 58.7 Å². The number of hydrogen-bond donors (Lipinski definition) is 1. The lowest BCUT2D eigenvalue weighted by Crippen LogP contribution is -2.52. The molecular formula is C26H36FN3O5S. The van der Waals surface area contributed by atoms with Gasteiger partial charge in [0.1, 0.15) is 17.6 Å². The predicted molar refractivity (Wildman–Crippen MR) is 139 cm³/mol. The molecule has 2 aromatic carbocycles. The van der Waals surface area contributed by atoms with Crippen molar-refractivity contribution in [1.82, 2.24) is 10.2 Å². The summed E-state index contributed by atoms with van der Waals surface area (Å²) in [5, 5.41) is 2.86. The molecule has 36 heavy (non-hydrogen) atoms. The van der Waals surface area contributed by atoms with Gasteiger partial charge in [-0.3, -0.25) is 13.9 Å². The Kier molecular flexibility index (Phi) is 9.86. The van der Waals surface area contributed by atoms with Crippen molar-refractivity contribution in [3.63, 3.8) is 0 Å². The summed E-state index contributed by atoms with van der Waals surface area (Å²) in [4.78, 5) is 27.4. The normalized spacial score (nSPS) is 12.5. The highest BCUT2D eigenvalue weighted by atomic mass is 32.2. The lowest BCUT2D eigenvalue weighted by atomic mass is 10.1. The zero-order chi connectivity index (χ0) is 27.1. The van der Waals surface area contributed by atoms with E-state index in [2.05, 4.69) is 5.32 Å². The molecule has 2 amide bonds. The topological polar surface area (TPSA) is 96.0 Å². The van der Waals surface area contributed by atoms with E-state index in [0.717, 1.165) is 6.26 Å². The van der Waals surface area contributed by atoms with E-state index in [1.165, 1.54) is 22.4 Å². The Balaban J connectivity index is 2.19. The Labute approximate surface area is 213 Å². The summed E-state index contributed by atoms with van der Waals surface area (Å²) >= 11 is 0. The van der Waals surface area contributed by atoms with Crippen molar-refractivity contribution in [3.8, 4) is 5.75 Å². The van der Waals surface area contributed by atoms with E-state index in [4.69, 9.17) is 4.74 Å². The number of ether oxygens (including phenoxy) is 1. The minimum absolute atomic E-state index is 0.0240. The van der Waals surface area contributed by atoms with E-state index in [1.54, 1.807) is 49.4 Å². The van der Waals surface area contributed by atoms with Crippen LogP contribution in [0.1, 0.15) is 46.1 Å². The smallest absolute Gasteiger partial charge is 0.242 e. The van der Waals surface area contributed by atoms with Gasteiger partial charge in [0.05, 0.1) is 19.1 Å². The second-order valence-corrected chi connectivity index (χ2v) is 11.6. The van der Waals surface area contributed by atoms with Gasteiger partial charge in [0.15, 0.2) is 0 Å². The van der Waals surface area contributed by atoms with E-state index in [1.807, 2.05) is 20.8 Å². The molecular weight excluding hydrogens is 485 g/mol. The fourth-order valence-corrected chi connectivity index (χ4v) is 4.58. The average molecular weight is 522 g/mol. The standard InChI is InChI=1S/C26H36FN3O5S/c1-19(25(32)28-26(2,3)4)29(18-20-10-7-8-11-23(20)27)24(31)12-9-17-30(36(6,33)34)21-13-15-22(35-5)16-14-21/h7-8,10-11,13-16,19H,9,12,17-18H2,1-6H3,(H,28,32)/t19-/m1/s1. The fourth-order valence-electron chi connectivity index (χ4n) is 3.62. The second-order valence-electron chi connectivity index (χ2n) is 9.66. The number of sulfonamides is 1. The molecule has 0 aliphatic carbocycles. The van der Waals surface area contributed by atoms with E-state index in [9.17, 15) is 22.4 Å². The number of carbonyl (C=O) groups excluding carboxylic acids is 2. The molecule has 10 heteroatoms. The molecule has 0 saturated heterocycles. The highest BCUT2D eigenvalue weighted by molar-refractivity contribution is 7.92. The molecule has 8 nitrogen and oxygen atoms in total. The van der Waals surface area contributed by atoms with Gasteiger partial charge in [0.2, 0.25) is 21.8 Å². The molecule has 0 radical (unpaired) electrons. The molecule has 0 saturated carbocycles. The first-order valence-electron chi connectivity index (χ1n) is 11.7. The van der Waals surface area contributed by atoms with Gasteiger partial charge in [0, 0.05) is 30.6 Å². The molecule has 0 unspecified atom stereocenters. The number of amides is 2. The maximum absolute atomic E-state index is 14.4. The number of carbonyl (C=O) groups is 2. The first-order valence-corrected chi connectivity index (χ1v) is 13.5. The lowest BCUT2D eigenvalue weighted by Gasteiger charge is -2.32. The maximum atomic E-state index is 14.4. The zero-order valence-electron chi connectivity index (χ0n) is 21.7. The van der Waals surface area contributed by atoms with Gasteiger partial charge in [-0.15, -0.1) is 0 Å². The van der Waals surface area contributed by atoms with Crippen molar-refractivity contribution in [2.75, 3.05) is 24.2 Å². The van der Waals surface area contributed by atoms with Crippen LogP contribution in [0.4, 0.5) is 10.1 Å². The van der Waals surface area contributed by atoms with Gasteiger partial charge in [-0.1, -0.05) is 18.2 Å². The summed E-state index contributed by atoms with van der Waals surface area (Å²) in [6.07, 6.45) is 1.28. The third kappa shape index (κ3) is 8.51. The quantitative estimate of drug-likeness (QED) is 0.486. The van der Waals surface area contributed by atoms with Crippen LogP contribution in [0.3, 0.4) is 0 Å². The number of rotatable bonds is 11. The van der Waals surface area contributed by atoms with Crippen LogP contribution in [-0.4, -0.2) is 56.6 Å². The molecule has 2 aromatic rings. The molecule has 1 N–H and O–H groups in total. The Hall–Kier alpha value is -3.14. The number of methoxy groups -OCH3 is 1. The highest BCUT2D eigenvalue weighted by Gasteiger charge is 2.29. The minimum Gasteiger partial charge on any atom is -0.497 e. The number of benzene rings is 2. The average Bonchev–Trinajstić information content (AvgIpc) is 2.79.